The zero-order valence-electron chi connectivity index (χ0n) is 23.4. The van der Waals surface area contributed by atoms with Crippen LogP contribution in [0.15, 0.2) is 90.6 Å². The molecule has 2 unspecified atom stereocenters. The van der Waals surface area contributed by atoms with Gasteiger partial charge in [-0.05, 0) is 98.2 Å². The number of carbonyl (C=O) groups is 1. The van der Waals surface area contributed by atoms with Crippen molar-refractivity contribution < 1.29 is 9.90 Å². The topological polar surface area (TPSA) is 56.7 Å². The van der Waals surface area contributed by atoms with Gasteiger partial charge in [-0.15, -0.1) is 0 Å². The Hall–Kier alpha value is -3.96. The van der Waals surface area contributed by atoms with Gasteiger partial charge in [0.05, 0.1) is 5.52 Å². The zero-order chi connectivity index (χ0) is 27.6. The summed E-state index contributed by atoms with van der Waals surface area (Å²) in [6.45, 7) is 6.36. The molecule has 5 heteroatoms. The number of benzene rings is 3. The van der Waals surface area contributed by atoms with Crippen LogP contribution in [0, 0.1) is 0 Å². The first kappa shape index (κ1) is 26.3. The molecule has 2 bridgehead atoms. The molecular weight excluding hydrogens is 494 g/mol. The Morgan fingerprint density at radius 3 is 2.27 bits per heavy atom. The van der Waals surface area contributed by atoms with Gasteiger partial charge in [-0.1, -0.05) is 48.0 Å². The maximum atomic E-state index is 12.9. The Morgan fingerprint density at radius 1 is 0.875 bits per heavy atom. The van der Waals surface area contributed by atoms with E-state index < -0.39 is 0 Å². The molecule has 4 aromatic rings. The first-order chi connectivity index (χ1) is 19.6. The van der Waals surface area contributed by atoms with E-state index in [9.17, 15) is 9.90 Å². The maximum absolute atomic E-state index is 12.9. The van der Waals surface area contributed by atoms with Gasteiger partial charge in [0.1, 0.15) is 5.75 Å². The summed E-state index contributed by atoms with van der Waals surface area (Å²) < 4.78 is 0. The Labute approximate surface area is 236 Å². The number of hydrogen-bond acceptors (Lipinski definition) is 4. The molecule has 0 spiro atoms. The van der Waals surface area contributed by atoms with Crippen molar-refractivity contribution in [3.8, 4) is 5.75 Å². The summed E-state index contributed by atoms with van der Waals surface area (Å²) in [7, 11) is 0. The molecule has 5 nitrogen and oxygen atoms in total. The van der Waals surface area contributed by atoms with Gasteiger partial charge < -0.3 is 10.0 Å². The van der Waals surface area contributed by atoms with Gasteiger partial charge in [0, 0.05) is 48.9 Å². The van der Waals surface area contributed by atoms with Crippen LogP contribution in [0.2, 0.25) is 0 Å². The van der Waals surface area contributed by atoms with Gasteiger partial charge in [0.15, 0.2) is 0 Å². The van der Waals surface area contributed by atoms with Gasteiger partial charge in [-0.2, -0.15) is 0 Å². The number of piperidine rings is 1. The zero-order valence-corrected chi connectivity index (χ0v) is 23.4. The Morgan fingerprint density at radius 2 is 1.57 bits per heavy atom. The van der Waals surface area contributed by atoms with E-state index in [4.69, 9.17) is 0 Å². The number of aromatic nitrogens is 1. The number of aromatic hydroxyl groups is 1. The molecule has 0 radical (unpaired) electrons. The summed E-state index contributed by atoms with van der Waals surface area (Å²) in [5, 5.41) is 11.6. The van der Waals surface area contributed by atoms with Gasteiger partial charge in [-0.3, -0.25) is 14.7 Å². The van der Waals surface area contributed by atoms with Crippen LogP contribution in [0.3, 0.4) is 0 Å². The fourth-order valence-electron chi connectivity index (χ4n) is 6.77. The highest BCUT2D eigenvalue weighted by Gasteiger charge is 2.39. The Kier molecular flexibility index (Phi) is 7.40. The molecule has 3 aromatic carbocycles. The van der Waals surface area contributed by atoms with Crippen LogP contribution in [0.1, 0.15) is 66.6 Å². The molecule has 3 heterocycles. The van der Waals surface area contributed by atoms with Crippen LogP contribution in [0.4, 0.5) is 0 Å². The van der Waals surface area contributed by atoms with Crippen LogP contribution in [0.5, 0.6) is 5.75 Å². The van der Waals surface area contributed by atoms with E-state index in [2.05, 4.69) is 58.4 Å². The molecule has 2 aliphatic rings. The summed E-state index contributed by atoms with van der Waals surface area (Å²) in [5.74, 6) is 0.340. The first-order valence-corrected chi connectivity index (χ1v) is 14.5. The molecule has 2 saturated heterocycles. The number of pyridine rings is 1. The number of rotatable bonds is 7. The quantitative estimate of drug-likeness (QED) is 0.278. The van der Waals surface area contributed by atoms with Crippen LogP contribution in [-0.2, 0) is 6.54 Å². The lowest BCUT2D eigenvalue weighted by Gasteiger charge is -2.37. The van der Waals surface area contributed by atoms with Crippen molar-refractivity contribution >= 4 is 22.4 Å². The van der Waals surface area contributed by atoms with Crippen molar-refractivity contribution in [1.29, 1.82) is 0 Å². The second-order valence-electron chi connectivity index (χ2n) is 11.0. The molecule has 6 rings (SSSR count). The van der Waals surface area contributed by atoms with Crippen molar-refractivity contribution in [1.82, 2.24) is 14.8 Å². The summed E-state index contributed by atoms with van der Waals surface area (Å²) in [6.07, 6.45) is 6.34. The molecule has 1 aromatic heterocycles. The normalized spacial score (nSPS) is 18.7. The third-order valence-electron chi connectivity index (χ3n) is 8.79. The predicted octanol–water partition coefficient (Wildman–Crippen LogP) is 7.05. The molecule has 0 aliphatic carbocycles. The molecule has 2 atom stereocenters. The largest absolute Gasteiger partial charge is 0.508 e. The van der Waals surface area contributed by atoms with Gasteiger partial charge in [0.2, 0.25) is 0 Å². The standard InChI is InChI=1S/C35H37N3O2/c1-3-37(4-2)35(40)25-14-12-24(13-15-25)34(26-8-7-9-31(39)22-26)28-20-29-16-17-30(21-28)38(29)23-27-18-19-36-33-11-6-5-10-32(27)33/h5-15,18-19,22,29-30,39H,3-4,16-17,20-21,23H2,1-2H3. The van der Waals surface area contributed by atoms with Gasteiger partial charge in [0.25, 0.3) is 5.91 Å². The second kappa shape index (κ2) is 11.3. The Balaban J connectivity index is 1.33. The highest BCUT2D eigenvalue weighted by atomic mass is 16.3. The number of nitrogens with zero attached hydrogens (tertiary/aromatic N) is 3. The SMILES string of the molecule is CCN(CC)C(=O)c1ccc(C(=C2CC3CCC(C2)N3Cc2ccnc3ccccc23)c2cccc(O)c2)cc1. The highest BCUT2D eigenvalue weighted by molar-refractivity contribution is 5.95. The monoisotopic (exact) mass is 531 g/mol. The van der Waals surface area contributed by atoms with Crippen LogP contribution in [0.25, 0.3) is 16.5 Å². The van der Waals surface area contributed by atoms with E-state index in [0.29, 0.717) is 30.7 Å². The molecule has 2 fully saturated rings. The van der Waals surface area contributed by atoms with E-state index in [1.807, 2.05) is 49.2 Å². The molecule has 204 valence electrons. The number of para-hydroxylation sites is 1. The summed E-state index contributed by atoms with van der Waals surface area (Å²) >= 11 is 0. The molecule has 0 saturated carbocycles. The Bertz CT molecular complexity index is 1530. The predicted molar refractivity (Wildman–Crippen MR) is 161 cm³/mol. The molecular formula is C35H37N3O2. The fraction of sp³-hybridized carbons (Fsp3) is 0.314. The number of amides is 1. The second-order valence-corrected chi connectivity index (χ2v) is 11.0. The minimum atomic E-state index is 0.0677. The van der Waals surface area contributed by atoms with Crippen LogP contribution in [-0.4, -0.2) is 51.0 Å². The van der Waals surface area contributed by atoms with Crippen molar-refractivity contribution in [2.75, 3.05) is 13.1 Å². The molecule has 2 aliphatic heterocycles. The molecule has 1 N–H and O–H groups in total. The lowest BCUT2D eigenvalue weighted by atomic mass is 9.85. The number of phenols is 1. The third-order valence-corrected chi connectivity index (χ3v) is 8.79. The van der Waals surface area contributed by atoms with Crippen molar-refractivity contribution in [3.63, 3.8) is 0 Å². The third kappa shape index (κ3) is 5.02. The minimum absolute atomic E-state index is 0.0677. The highest BCUT2D eigenvalue weighted by Crippen LogP contribution is 2.44. The van der Waals surface area contributed by atoms with Gasteiger partial charge >= 0.3 is 0 Å². The molecule has 1 amide bonds. The number of phenolic OH excluding ortho intramolecular Hbond substituents is 1. The van der Waals surface area contributed by atoms with Gasteiger partial charge in [-0.25, -0.2) is 0 Å². The summed E-state index contributed by atoms with van der Waals surface area (Å²) in [5.41, 5.74) is 7.89. The number of hydrogen-bond donors (Lipinski definition) is 1. The maximum Gasteiger partial charge on any atom is 0.253 e. The van der Waals surface area contributed by atoms with E-state index in [0.717, 1.165) is 36.0 Å². The van der Waals surface area contributed by atoms with Crippen LogP contribution >= 0.6 is 0 Å². The number of fused-ring (bicyclic) bond motifs is 3. The summed E-state index contributed by atoms with van der Waals surface area (Å²) in [6, 6.07) is 27.2. The van der Waals surface area contributed by atoms with Crippen molar-refractivity contribution in [2.24, 2.45) is 0 Å². The van der Waals surface area contributed by atoms with E-state index in [1.54, 1.807) is 6.07 Å². The average molecular weight is 532 g/mol. The van der Waals surface area contributed by atoms with E-state index in [1.165, 1.54) is 34.9 Å². The van der Waals surface area contributed by atoms with E-state index >= 15 is 0 Å². The lowest BCUT2D eigenvalue weighted by Crippen LogP contribution is -2.40. The van der Waals surface area contributed by atoms with E-state index in [-0.39, 0.29) is 11.7 Å². The van der Waals surface area contributed by atoms with Crippen molar-refractivity contribution in [3.05, 3.63) is 113 Å². The first-order valence-electron chi connectivity index (χ1n) is 14.5. The molecule has 40 heavy (non-hydrogen) atoms. The van der Waals surface area contributed by atoms with Crippen LogP contribution < -0.4 is 0 Å². The average Bonchev–Trinajstić information content (AvgIpc) is 3.20. The lowest BCUT2D eigenvalue weighted by molar-refractivity contribution is 0.0773. The fourth-order valence-corrected chi connectivity index (χ4v) is 6.77. The van der Waals surface area contributed by atoms with Crippen molar-refractivity contribution in [2.45, 2.75) is 58.2 Å². The minimum Gasteiger partial charge on any atom is -0.508 e. The number of carbonyl (C=O) groups excluding carboxylic acids is 1. The summed E-state index contributed by atoms with van der Waals surface area (Å²) in [4.78, 5) is 22.1. The smallest absolute Gasteiger partial charge is 0.253 e.